The van der Waals surface area contributed by atoms with E-state index in [1.807, 2.05) is 12.1 Å². The topological polar surface area (TPSA) is 67.8 Å². The Balaban J connectivity index is 1.48. The lowest BCUT2D eigenvalue weighted by Crippen LogP contribution is -2.20. The van der Waals surface area contributed by atoms with E-state index in [2.05, 4.69) is 10.3 Å². The van der Waals surface area contributed by atoms with Crippen molar-refractivity contribution in [2.24, 2.45) is 4.99 Å². The third-order valence-corrected chi connectivity index (χ3v) is 6.21. The van der Waals surface area contributed by atoms with Gasteiger partial charge < -0.3 is 10.1 Å². The summed E-state index contributed by atoms with van der Waals surface area (Å²) in [6, 6.07) is 19.1. The predicted octanol–water partition coefficient (Wildman–Crippen LogP) is 6.63. The molecule has 0 radical (unpaired) electrons. The maximum atomic E-state index is 12.3. The maximum Gasteiger partial charge on any atom is 0.279 e. The number of rotatable bonds is 5. The molecule has 0 unspecified atom stereocenters. The van der Waals surface area contributed by atoms with Gasteiger partial charge in [-0.1, -0.05) is 65.1 Å². The van der Waals surface area contributed by atoms with E-state index in [4.69, 9.17) is 39.5 Å². The molecule has 0 saturated carbocycles. The van der Waals surface area contributed by atoms with Crippen molar-refractivity contribution in [3.63, 3.8) is 0 Å². The number of nitrogens with one attached hydrogen (secondary N) is 1. The number of halogens is 3. The summed E-state index contributed by atoms with van der Waals surface area (Å²) in [5, 5.41) is 4.05. The van der Waals surface area contributed by atoms with Crippen molar-refractivity contribution in [3.8, 4) is 5.75 Å². The van der Waals surface area contributed by atoms with Crippen LogP contribution in [0.1, 0.15) is 21.5 Å². The summed E-state index contributed by atoms with van der Waals surface area (Å²) < 4.78 is 5.77. The molecule has 2 amide bonds. The van der Waals surface area contributed by atoms with Gasteiger partial charge in [-0.2, -0.15) is 4.99 Å². The summed E-state index contributed by atoms with van der Waals surface area (Å²) in [5.74, 6) is -0.461. The van der Waals surface area contributed by atoms with Gasteiger partial charge in [0.1, 0.15) is 6.61 Å². The first-order chi connectivity index (χ1) is 15.9. The zero-order chi connectivity index (χ0) is 23.4. The molecular formula is C24H15Cl3N2O3S. The molecule has 0 spiro atoms. The highest BCUT2D eigenvalue weighted by molar-refractivity contribution is 8.18. The molecule has 0 bridgehead atoms. The van der Waals surface area contributed by atoms with Gasteiger partial charge in [0.05, 0.1) is 15.0 Å². The summed E-state index contributed by atoms with van der Waals surface area (Å²) in [6.45, 7) is 0.268. The van der Waals surface area contributed by atoms with Gasteiger partial charge in [0, 0.05) is 10.6 Å². The van der Waals surface area contributed by atoms with E-state index in [1.54, 1.807) is 60.7 Å². The lowest BCUT2D eigenvalue weighted by atomic mass is 10.2. The minimum atomic E-state index is -0.437. The van der Waals surface area contributed by atoms with Gasteiger partial charge in [-0.25, -0.2) is 0 Å². The molecule has 1 aliphatic rings. The van der Waals surface area contributed by atoms with E-state index in [9.17, 15) is 9.59 Å². The van der Waals surface area contributed by atoms with E-state index in [1.165, 1.54) is 0 Å². The Kier molecular flexibility index (Phi) is 7.40. The van der Waals surface area contributed by atoms with Crippen LogP contribution in [0, 0.1) is 0 Å². The lowest BCUT2D eigenvalue weighted by Gasteiger charge is -2.11. The Morgan fingerprint density at radius 3 is 2.33 bits per heavy atom. The largest absolute Gasteiger partial charge is 0.486 e. The molecule has 3 aromatic rings. The molecule has 4 rings (SSSR count). The first-order valence-corrected chi connectivity index (χ1v) is 11.6. The van der Waals surface area contributed by atoms with Crippen molar-refractivity contribution in [2.45, 2.75) is 6.61 Å². The molecule has 5 nitrogen and oxygen atoms in total. The molecule has 1 N–H and O–H groups in total. The second-order valence-electron chi connectivity index (χ2n) is 6.88. The van der Waals surface area contributed by atoms with Crippen LogP contribution in [0.25, 0.3) is 6.08 Å². The normalized spacial score (nSPS) is 15.7. The van der Waals surface area contributed by atoms with Crippen LogP contribution >= 0.6 is 46.6 Å². The number of carbonyl (C=O) groups excluding carboxylic acids is 2. The van der Waals surface area contributed by atoms with Crippen LogP contribution in [-0.4, -0.2) is 17.0 Å². The number of hydrogen-bond donors (Lipinski definition) is 1. The number of thioether (sulfide) groups is 1. The molecule has 166 valence electrons. The van der Waals surface area contributed by atoms with Crippen molar-refractivity contribution >= 4 is 69.6 Å². The first-order valence-electron chi connectivity index (χ1n) is 9.64. The fourth-order valence-corrected chi connectivity index (χ4v) is 4.46. The van der Waals surface area contributed by atoms with E-state index >= 15 is 0 Å². The first kappa shape index (κ1) is 23.4. The molecule has 3 aromatic carbocycles. The Morgan fingerprint density at radius 1 is 1.00 bits per heavy atom. The lowest BCUT2D eigenvalue weighted by molar-refractivity contribution is -0.115. The Hall–Kier alpha value is -2.77. The number of benzene rings is 3. The Bertz CT molecular complexity index is 1250. The Labute approximate surface area is 209 Å². The number of aliphatic imine (C=N–C) groups is 1. The molecule has 33 heavy (non-hydrogen) atoms. The third-order valence-electron chi connectivity index (χ3n) is 4.49. The number of amides is 2. The molecular weight excluding hydrogens is 503 g/mol. The molecule has 9 heteroatoms. The summed E-state index contributed by atoms with van der Waals surface area (Å²) in [6.07, 6.45) is 1.62. The van der Waals surface area contributed by atoms with Crippen LogP contribution in [0.4, 0.5) is 0 Å². The zero-order valence-electron chi connectivity index (χ0n) is 16.8. The predicted molar refractivity (Wildman–Crippen MR) is 134 cm³/mol. The average Bonchev–Trinajstić information content (AvgIpc) is 3.13. The molecule has 1 saturated heterocycles. The van der Waals surface area contributed by atoms with Crippen LogP contribution in [0.2, 0.25) is 15.1 Å². The van der Waals surface area contributed by atoms with Crippen LogP contribution in [-0.2, 0) is 11.4 Å². The zero-order valence-corrected chi connectivity index (χ0v) is 19.9. The van der Waals surface area contributed by atoms with E-state index in [-0.39, 0.29) is 17.7 Å². The second kappa shape index (κ2) is 10.4. The summed E-state index contributed by atoms with van der Waals surface area (Å²) in [5.41, 5.74) is 1.95. The van der Waals surface area contributed by atoms with Crippen molar-refractivity contribution in [2.75, 3.05) is 0 Å². The van der Waals surface area contributed by atoms with E-state index < -0.39 is 5.91 Å². The number of amidine groups is 1. The number of nitrogens with zero attached hydrogens (tertiary/aromatic N) is 1. The molecule has 1 aliphatic heterocycles. The molecule has 0 atom stereocenters. The van der Waals surface area contributed by atoms with Crippen molar-refractivity contribution < 1.29 is 14.3 Å². The average molecular weight is 518 g/mol. The number of ether oxygens (including phenoxy) is 1. The maximum absolute atomic E-state index is 12.3. The molecule has 1 heterocycles. The number of hydrogen-bond acceptors (Lipinski definition) is 4. The second-order valence-corrected chi connectivity index (χ2v) is 9.16. The minimum absolute atomic E-state index is 0.209. The van der Waals surface area contributed by atoms with Crippen molar-refractivity contribution in [1.29, 1.82) is 0 Å². The van der Waals surface area contributed by atoms with Gasteiger partial charge in [0.25, 0.3) is 11.8 Å². The van der Waals surface area contributed by atoms with Gasteiger partial charge in [0.2, 0.25) is 0 Å². The smallest absolute Gasteiger partial charge is 0.279 e. The van der Waals surface area contributed by atoms with Crippen molar-refractivity contribution in [1.82, 2.24) is 5.32 Å². The molecule has 0 aromatic heterocycles. The minimum Gasteiger partial charge on any atom is -0.486 e. The number of carbonyl (C=O) groups is 2. The van der Waals surface area contributed by atoms with Crippen LogP contribution in [0.3, 0.4) is 0 Å². The highest BCUT2D eigenvalue weighted by Gasteiger charge is 2.25. The highest BCUT2D eigenvalue weighted by atomic mass is 35.5. The fraction of sp³-hybridized carbons (Fsp3) is 0.0417. The van der Waals surface area contributed by atoms with Gasteiger partial charge in [0.15, 0.2) is 10.9 Å². The fourth-order valence-electron chi connectivity index (χ4n) is 2.91. The quantitative estimate of drug-likeness (QED) is 0.386. The highest BCUT2D eigenvalue weighted by Crippen LogP contribution is 2.36. The van der Waals surface area contributed by atoms with Gasteiger partial charge in [-0.15, -0.1) is 0 Å². The standard InChI is InChI=1S/C24H15Cl3N2O3S/c25-17-8-6-14(7-9-17)13-32-21-18(26)10-15(11-19(21)27)12-20-23(31)29-24(33-20)28-22(30)16-4-2-1-3-5-16/h1-12H,13H2,(H,28,29,30,31)/b20-12-. The summed E-state index contributed by atoms with van der Waals surface area (Å²) in [7, 11) is 0. The van der Waals surface area contributed by atoms with E-state index in [0.717, 1.165) is 17.3 Å². The Morgan fingerprint density at radius 2 is 1.67 bits per heavy atom. The van der Waals surface area contributed by atoms with Gasteiger partial charge >= 0.3 is 0 Å². The molecule has 1 fully saturated rings. The van der Waals surface area contributed by atoms with Crippen molar-refractivity contribution in [3.05, 3.63) is 103 Å². The van der Waals surface area contributed by atoms with Crippen LogP contribution < -0.4 is 10.1 Å². The summed E-state index contributed by atoms with van der Waals surface area (Å²) in [4.78, 5) is 28.9. The monoisotopic (exact) mass is 516 g/mol. The molecule has 0 aliphatic carbocycles. The SMILES string of the molecule is O=C1NC(=NC(=O)c2ccccc2)S/C1=C\c1cc(Cl)c(OCc2ccc(Cl)cc2)c(Cl)c1. The summed E-state index contributed by atoms with van der Waals surface area (Å²) >= 11 is 19.7. The van der Waals surface area contributed by atoms with Gasteiger partial charge in [-0.3, -0.25) is 9.59 Å². The van der Waals surface area contributed by atoms with E-state index in [0.29, 0.717) is 36.8 Å². The van der Waals surface area contributed by atoms with Crippen LogP contribution in [0.15, 0.2) is 76.6 Å². The van der Waals surface area contributed by atoms with Gasteiger partial charge in [-0.05, 0) is 65.4 Å². The third kappa shape index (κ3) is 5.97. The van der Waals surface area contributed by atoms with Crippen LogP contribution in [0.5, 0.6) is 5.75 Å².